The molecule has 2 aromatic carbocycles. The molecule has 3 N–H and O–H groups in total. The number of fused-ring (bicyclic) bond motifs is 5. The third kappa shape index (κ3) is 3.48. The second kappa shape index (κ2) is 7.81. The average molecular weight is 443 g/mol. The summed E-state index contributed by atoms with van der Waals surface area (Å²) in [4.78, 5) is 5.50. The normalized spacial score (nSPS) is 34.7. The van der Waals surface area contributed by atoms with Crippen LogP contribution in [-0.2, 0) is 11.4 Å². The Balaban J connectivity index is 1.46. The number of hydrogen-bond acceptors (Lipinski definition) is 5. The van der Waals surface area contributed by atoms with Crippen LogP contribution in [0.4, 0.5) is 8.78 Å². The van der Waals surface area contributed by atoms with Gasteiger partial charge in [0.05, 0.1) is 17.9 Å². The number of benzene rings is 2. The van der Waals surface area contributed by atoms with Gasteiger partial charge in [-0.25, -0.2) is 8.78 Å². The number of nitrogens with zero attached hydrogens (tertiary/aromatic N) is 1. The van der Waals surface area contributed by atoms with Gasteiger partial charge in [0, 0.05) is 11.6 Å². The van der Waals surface area contributed by atoms with Crippen LogP contribution in [0.15, 0.2) is 41.6 Å². The molecule has 6 atom stereocenters. The molecule has 0 unspecified atom stereocenters. The van der Waals surface area contributed by atoms with Crippen LogP contribution >= 0.6 is 0 Å². The van der Waals surface area contributed by atoms with Gasteiger partial charge in [0.1, 0.15) is 24.0 Å². The Morgan fingerprint density at radius 2 is 1.88 bits per heavy atom. The minimum atomic E-state index is -0.742. The van der Waals surface area contributed by atoms with E-state index >= 15 is 0 Å². The van der Waals surface area contributed by atoms with Crippen LogP contribution in [0.25, 0.3) is 0 Å². The fraction of sp³-hybridized carbons (Fsp3) is 0.480. The maximum absolute atomic E-state index is 13.5. The Kier molecular flexibility index (Phi) is 5.21. The zero-order valence-corrected chi connectivity index (χ0v) is 17.8. The lowest BCUT2D eigenvalue weighted by molar-refractivity contribution is -0.0482. The first-order chi connectivity index (χ1) is 15.3. The van der Waals surface area contributed by atoms with Gasteiger partial charge in [-0.05, 0) is 84.2 Å². The first-order valence-electron chi connectivity index (χ1n) is 11.1. The molecule has 2 saturated carbocycles. The summed E-state index contributed by atoms with van der Waals surface area (Å²) in [6.45, 7) is 1.98. The largest absolute Gasteiger partial charge is 0.508 e. The van der Waals surface area contributed by atoms with Crippen molar-refractivity contribution in [2.24, 2.45) is 22.4 Å². The first-order valence-corrected chi connectivity index (χ1v) is 11.1. The number of halogens is 2. The zero-order valence-electron chi connectivity index (χ0n) is 17.8. The smallest absolute Gasteiger partial charge is 0.142 e. The molecule has 170 valence electrons. The highest BCUT2D eigenvalue weighted by Gasteiger charge is 2.58. The lowest BCUT2D eigenvalue weighted by Gasteiger charge is -2.49. The van der Waals surface area contributed by atoms with Gasteiger partial charge in [-0.1, -0.05) is 18.1 Å². The molecule has 0 bridgehead atoms. The van der Waals surface area contributed by atoms with Gasteiger partial charge >= 0.3 is 0 Å². The van der Waals surface area contributed by atoms with Gasteiger partial charge < -0.3 is 20.2 Å². The van der Waals surface area contributed by atoms with Gasteiger partial charge in [0.25, 0.3) is 0 Å². The molecule has 0 spiro atoms. The van der Waals surface area contributed by atoms with E-state index in [2.05, 4.69) is 12.1 Å². The summed E-state index contributed by atoms with van der Waals surface area (Å²) >= 11 is 0. The Hall–Kier alpha value is -2.51. The zero-order chi connectivity index (χ0) is 22.6. The van der Waals surface area contributed by atoms with E-state index in [0.29, 0.717) is 24.1 Å². The standard InChI is InChI=1S/C25H27F2NO4/c1-25-5-4-18-17-3-2-16(29)9-20(17)22(10-19(18)21(25)11-23(30)24(25)31)28-32-12-13-6-14(26)8-15(27)7-13/h2-3,6-9,18-19,21,23-24,29-31H,4-5,10-12H2,1H3/b28-22+/t18-,19-,21+,23-,24+,25+/m1/s1. The van der Waals surface area contributed by atoms with E-state index in [9.17, 15) is 24.1 Å². The summed E-state index contributed by atoms with van der Waals surface area (Å²) in [6.07, 6.45) is 1.36. The van der Waals surface area contributed by atoms with Gasteiger partial charge in [-0.15, -0.1) is 0 Å². The molecule has 32 heavy (non-hydrogen) atoms. The molecular formula is C25H27F2NO4. The number of hydrogen-bond donors (Lipinski definition) is 3. The number of aliphatic hydroxyl groups excluding tert-OH is 2. The number of aliphatic hydroxyl groups is 2. The molecular weight excluding hydrogens is 416 g/mol. The Bertz CT molecular complexity index is 1050. The van der Waals surface area contributed by atoms with Gasteiger partial charge in [0.2, 0.25) is 0 Å². The van der Waals surface area contributed by atoms with Gasteiger partial charge in [-0.2, -0.15) is 0 Å². The van der Waals surface area contributed by atoms with Crippen LogP contribution in [-0.4, -0.2) is 33.2 Å². The summed E-state index contributed by atoms with van der Waals surface area (Å²) in [6, 6.07) is 8.48. The van der Waals surface area contributed by atoms with Crippen LogP contribution < -0.4 is 0 Å². The molecule has 0 amide bonds. The average Bonchev–Trinajstić information content (AvgIpc) is 2.97. The second-order valence-corrected chi connectivity index (χ2v) is 9.73. The monoisotopic (exact) mass is 443 g/mol. The van der Waals surface area contributed by atoms with E-state index in [-0.39, 0.29) is 35.5 Å². The van der Waals surface area contributed by atoms with Crippen molar-refractivity contribution in [3.63, 3.8) is 0 Å². The molecule has 3 aliphatic rings. The summed E-state index contributed by atoms with van der Waals surface area (Å²) in [5, 5.41) is 35.5. The summed E-state index contributed by atoms with van der Waals surface area (Å²) in [5.41, 5.74) is 2.55. The third-order valence-electron chi connectivity index (χ3n) is 7.91. The van der Waals surface area contributed by atoms with Crippen molar-refractivity contribution < 1.29 is 28.9 Å². The van der Waals surface area contributed by atoms with E-state index in [1.165, 1.54) is 12.1 Å². The molecule has 0 aliphatic heterocycles. The quantitative estimate of drug-likeness (QED) is 0.620. The summed E-state index contributed by atoms with van der Waals surface area (Å²) in [5.74, 6) is -0.659. The van der Waals surface area contributed by atoms with Gasteiger partial charge in [0.15, 0.2) is 0 Å². The molecule has 7 heteroatoms. The predicted octanol–water partition coefficient (Wildman–Crippen LogP) is 4.24. The van der Waals surface area contributed by atoms with Crippen molar-refractivity contribution in [2.75, 3.05) is 0 Å². The van der Waals surface area contributed by atoms with Crippen LogP contribution in [0.5, 0.6) is 5.75 Å². The maximum atomic E-state index is 13.5. The lowest BCUT2D eigenvalue weighted by atomic mass is 9.55. The van der Waals surface area contributed by atoms with Crippen molar-refractivity contribution in [1.29, 1.82) is 0 Å². The minimum Gasteiger partial charge on any atom is -0.508 e. The molecule has 2 aromatic rings. The van der Waals surface area contributed by atoms with E-state index in [0.717, 1.165) is 30.0 Å². The van der Waals surface area contributed by atoms with Crippen LogP contribution in [0, 0.1) is 28.9 Å². The molecule has 0 heterocycles. The first kappa shape index (κ1) is 21.3. The molecule has 3 aliphatic carbocycles. The topological polar surface area (TPSA) is 82.3 Å². The molecule has 0 radical (unpaired) electrons. The fourth-order valence-corrected chi connectivity index (χ4v) is 6.36. The van der Waals surface area contributed by atoms with Crippen molar-refractivity contribution in [3.05, 3.63) is 64.7 Å². The lowest BCUT2D eigenvalue weighted by Crippen LogP contribution is -2.45. The minimum absolute atomic E-state index is 0.0843. The molecule has 0 aromatic heterocycles. The predicted molar refractivity (Wildman–Crippen MR) is 114 cm³/mol. The second-order valence-electron chi connectivity index (χ2n) is 9.73. The van der Waals surface area contributed by atoms with E-state index in [1.807, 2.05) is 6.07 Å². The molecule has 2 fully saturated rings. The molecule has 0 saturated heterocycles. The van der Waals surface area contributed by atoms with Crippen molar-refractivity contribution in [3.8, 4) is 5.75 Å². The van der Waals surface area contributed by atoms with Crippen LogP contribution in [0.1, 0.15) is 55.2 Å². The third-order valence-corrected chi connectivity index (χ3v) is 7.91. The van der Waals surface area contributed by atoms with Crippen molar-refractivity contribution in [2.45, 2.75) is 57.3 Å². The highest BCUT2D eigenvalue weighted by Crippen LogP contribution is 2.61. The van der Waals surface area contributed by atoms with E-state index in [4.69, 9.17) is 4.84 Å². The highest BCUT2D eigenvalue weighted by atomic mass is 19.1. The number of aromatic hydroxyl groups is 1. The van der Waals surface area contributed by atoms with E-state index in [1.54, 1.807) is 12.1 Å². The number of phenols is 1. The Labute approximate surface area is 185 Å². The van der Waals surface area contributed by atoms with Gasteiger partial charge in [-0.3, -0.25) is 0 Å². The Morgan fingerprint density at radius 3 is 2.62 bits per heavy atom. The molecule has 5 nitrogen and oxygen atoms in total. The fourth-order valence-electron chi connectivity index (χ4n) is 6.36. The number of phenolic OH excluding ortho intramolecular Hbond substituents is 1. The highest BCUT2D eigenvalue weighted by molar-refractivity contribution is 6.03. The number of oxime groups is 1. The summed E-state index contributed by atoms with van der Waals surface area (Å²) in [7, 11) is 0. The number of rotatable bonds is 3. The van der Waals surface area contributed by atoms with Crippen molar-refractivity contribution in [1.82, 2.24) is 0 Å². The summed E-state index contributed by atoms with van der Waals surface area (Å²) < 4.78 is 26.9. The van der Waals surface area contributed by atoms with Crippen LogP contribution in [0.3, 0.4) is 0 Å². The maximum Gasteiger partial charge on any atom is 0.142 e. The molecule has 5 rings (SSSR count). The van der Waals surface area contributed by atoms with Crippen LogP contribution in [0.2, 0.25) is 0 Å². The van der Waals surface area contributed by atoms with E-state index < -0.39 is 23.8 Å². The van der Waals surface area contributed by atoms with Crippen molar-refractivity contribution >= 4 is 5.71 Å². The Morgan fingerprint density at radius 1 is 1.12 bits per heavy atom. The SMILES string of the molecule is C[C@]12CC[C@@H]3c4ccc(O)cc4/C(=N/OCc4cc(F)cc(F)c4)C[C@H]3[C@@H]1C[C@@H](O)[C@@H]2O.